The Balaban J connectivity index is 1.76. The summed E-state index contributed by atoms with van der Waals surface area (Å²) in [4.78, 5) is 4.33. The average molecular weight is 367 g/mol. The van der Waals surface area contributed by atoms with Crippen LogP contribution in [0.1, 0.15) is 0 Å². The van der Waals surface area contributed by atoms with Crippen molar-refractivity contribution in [3.05, 3.63) is 63.7 Å². The number of rotatable bonds is 4. The van der Waals surface area contributed by atoms with Crippen LogP contribution in [0.2, 0.25) is 15.1 Å². The number of halogens is 3. The van der Waals surface area contributed by atoms with E-state index in [1.54, 1.807) is 30.3 Å². The molecule has 0 aliphatic carbocycles. The van der Waals surface area contributed by atoms with Crippen LogP contribution in [0, 0.1) is 0 Å². The van der Waals surface area contributed by atoms with Gasteiger partial charge in [-0.25, -0.2) is 0 Å². The minimum atomic E-state index is 0.359. The van der Waals surface area contributed by atoms with Crippen LogP contribution in [-0.2, 0) is 0 Å². The molecule has 0 aliphatic heterocycles. The van der Waals surface area contributed by atoms with Crippen molar-refractivity contribution >= 4 is 57.9 Å². The van der Waals surface area contributed by atoms with Crippen LogP contribution in [-0.4, -0.2) is 15.2 Å². The number of hydrogen-bond acceptors (Lipinski definition) is 5. The summed E-state index contributed by atoms with van der Waals surface area (Å²) >= 11 is 17.7. The molecule has 116 valence electrons. The molecule has 0 fully saturated rings. The molecule has 0 saturated heterocycles. The van der Waals surface area contributed by atoms with Gasteiger partial charge in [-0.15, -0.1) is 5.10 Å². The number of nitrogens with one attached hydrogen (secondary N) is 2. The van der Waals surface area contributed by atoms with Crippen molar-refractivity contribution in [3.8, 4) is 0 Å². The third-order valence-corrected chi connectivity index (χ3v) is 3.84. The lowest BCUT2D eigenvalue weighted by Gasteiger charge is -2.08. The van der Waals surface area contributed by atoms with Crippen LogP contribution < -0.4 is 10.6 Å². The Morgan fingerprint density at radius 3 is 2.26 bits per heavy atom. The minimum Gasteiger partial charge on any atom is -0.339 e. The normalized spacial score (nSPS) is 10.4. The number of nitrogens with zero attached hydrogens (tertiary/aromatic N) is 3. The van der Waals surface area contributed by atoms with E-state index in [2.05, 4.69) is 25.8 Å². The molecule has 3 aromatic rings. The summed E-state index contributed by atoms with van der Waals surface area (Å²) in [6.45, 7) is 0. The van der Waals surface area contributed by atoms with Crippen LogP contribution in [0.15, 0.2) is 48.7 Å². The molecule has 0 unspecified atom stereocenters. The van der Waals surface area contributed by atoms with Gasteiger partial charge in [0.2, 0.25) is 5.95 Å². The van der Waals surface area contributed by atoms with Crippen molar-refractivity contribution in [2.45, 2.75) is 0 Å². The summed E-state index contributed by atoms with van der Waals surface area (Å²) in [5.74, 6) is 0.882. The predicted molar refractivity (Wildman–Crippen MR) is 94.3 cm³/mol. The van der Waals surface area contributed by atoms with Gasteiger partial charge in [-0.05, 0) is 42.5 Å². The van der Waals surface area contributed by atoms with E-state index in [1.165, 1.54) is 6.20 Å². The molecule has 23 heavy (non-hydrogen) atoms. The van der Waals surface area contributed by atoms with Gasteiger partial charge in [0.05, 0.1) is 16.2 Å². The van der Waals surface area contributed by atoms with Crippen LogP contribution in [0.25, 0.3) is 0 Å². The zero-order valence-corrected chi connectivity index (χ0v) is 13.9. The standard InChI is InChI=1S/C15H10Cl3N5/c16-9-1-3-10(4-2-9)21-15-22-14(8-19-23-15)20-11-5-6-12(17)13(18)7-11/h1-8H,(H2,20,21,22,23). The van der Waals surface area contributed by atoms with E-state index in [0.29, 0.717) is 26.8 Å². The molecule has 5 nitrogen and oxygen atoms in total. The lowest BCUT2D eigenvalue weighted by atomic mass is 10.3. The summed E-state index contributed by atoms with van der Waals surface area (Å²) in [6.07, 6.45) is 1.51. The number of aromatic nitrogens is 3. The van der Waals surface area contributed by atoms with Gasteiger partial charge in [0.1, 0.15) is 0 Å². The number of benzene rings is 2. The zero-order valence-electron chi connectivity index (χ0n) is 11.6. The summed E-state index contributed by atoms with van der Waals surface area (Å²) in [7, 11) is 0. The molecule has 0 saturated carbocycles. The highest BCUT2D eigenvalue weighted by Crippen LogP contribution is 2.26. The van der Waals surface area contributed by atoms with Gasteiger partial charge in [0, 0.05) is 16.4 Å². The Kier molecular flexibility index (Phi) is 4.81. The maximum absolute atomic E-state index is 5.99. The SMILES string of the molecule is Clc1ccc(Nc2nncc(Nc3ccc(Cl)c(Cl)c3)n2)cc1. The van der Waals surface area contributed by atoms with Gasteiger partial charge in [-0.3, -0.25) is 0 Å². The first-order valence-corrected chi connectivity index (χ1v) is 7.68. The molecule has 1 heterocycles. The van der Waals surface area contributed by atoms with Crippen LogP contribution >= 0.6 is 34.8 Å². The zero-order chi connectivity index (χ0) is 16.2. The topological polar surface area (TPSA) is 62.7 Å². The van der Waals surface area contributed by atoms with E-state index in [9.17, 15) is 0 Å². The minimum absolute atomic E-state index is 0.359. The van der Waals surface area contributed by atoms with Crippen LogP contribution in [0.5, 0.6) is 0 Å². The molecule has 0 radical (unpaired) electrons. The second-order valence-corrected chi connectivity index (χ2v) is 5.80. The Labute approximate surface area is 147 Å². The second-order valence-electron chi connectivity index (χ2n) is 4.55. The lowest BCUT2D eigenvalue weighted by Crippen LogP contribution is -2.02. The van der Waals surface area contributed by atoms with Crippen molar-refractivity contribution in [3.63, 3.8) is 0 Å². The van der Waals surface area contributed by atoms with Crippen molar-refractivity contribution in [2.24, 2.45) is 0 Å². The van der Waals surface area contributed by atoms with E-state index in [0.717, 1.165) is 11.4 Å². The Morgan fingerprint density at radius 1 is 0.783 bits per heavy atom. The van der Waals surface area contributed by atoms with E-state index in [4.69, 9.17) is 34.8 Å². The Hall–Kier alpha value is -2.08. The second kappa shape index (κ2) is 7.00. The van der Waals surface area contributed by atoms with E-state index in [1.807, 2.05) is 12.1 Å². The van der Waals surface area contributed by atoms with E-state index in [-0.39, 0.29) is 0 Å². The fourth-order valence-electron chi connectivity index (χ4n) is 1.80. The summed E-state index contributed by atoms with van der Waals surface area (Å²) < 4.78 is 0. The van der Waals surface area contributed by atoms with Crippen molar-refractivity contribution in [1.29, 1.82) is 0 Å². The molecule has 1 aromatic heterocycles. The largest absolute Gasteiger partial charge is 0.339 e. The van der Waals surface area contributed by atoms with Crippen LogP contribution in [0.3, 0.4) is 0 Å². The molecule has 0 atom stereocenters. The highest BCUT2D eigenvalue weighted by Gasteiger charge is 2.04. The van der Waals surface area contributed by atoms with Gasteiger partial charge >= 0.3 is 0 Å². The fourth-order valence-corrected chi connectivity index (χ4v) is 2.22. The molecular weight excluding hydrogens is 357 g/mol. The fraction of sp³-hybridized carbons (Fsp3) is 0. The van der Waals surface area contributed by atoms with Gasteiger partial charge in [-0.2, -0.15) is 10.1 Å². The Bertz CT molecular complexity index is 824. The third-order valence-electron chi connectivity index (χ3n) is 2.85. The molecule has 8 heteroatoms. The lowest BCUT2D eigenvalue weighted by molar-refractivity contribution is 0.982. The quantitative estimate of drug-likeness (QED) is 0.654. The van der Waals surface area contributed by atoms with Gasteiger partial charge in [-0.1, -0.05) is 34.8 Å². The molecule has 2 N–H and O–H groups in total. The molecule has 0 spiro atoms. The highest BCUT2D eigenvalue weighted by atomic mass is 35.5. The monoisotopic (exact) mass is 365 g/mol. The maximum Gasteiger partial charge on any atom is 0.249 e. The summed E-state index contributed by atoms with van der Waals surface area (Å²) in [5, 5.41) is 15.6. The Morgan fingerprint density at radius 2 is 1.52 bits per heavy atom. The smallest absolute Gasteiger partial charge is 0.249 e. The summed E-state index contributed by atoms with van der Waals surface area (Å²) in [6, 6.07) is 12.4. The first-order valence-electron chi connectivity index (χ1n) is 6.54. The maximum atomic E-state index is 5.99. The van der Waals surface area contributed by atoms with Gasteiger partial charge < -0.3 is 10.6 Å². The van der Waals surface area contributed by atoms with Crippen LogP contribution in [0.4, 0.5) is 23.1 Å². The van der Waals surface area contributed by atoms with Gasteiger partial charge in [0.15, 0.2) is 5.82 Å². The first kappa shape index (κ1) is 15.8. The van der Waals surface area contributed by atoms with E-state index < -0.39 is 0 Å². The summed E-state index contributed by atoms with van der Waals surface area (Å²) in [5.41, 5.74) is 1.56. The number of hydrogen-bond donors (Lipinski definition) is 2. The molecule has 0 bridgehead atoms. The number of anilines is 4. The van der Waals surface area contributed by atoms with Crippen molar-refractivity contribution in [1.82, 2.24) is 15.2 Å². The first-order chi connectivity index (χ1) is 11.1. The highest BCUT2D eigenvalue weighted by molar-refractivity contribution is 6.42. The van der Waals surface area contributed by atoms with Crippen molar-refractivity contribution < 1.29 is 0 Å². The molecule has 2 aromatic carbocycles. The average Bonchev–Trinajstić information content (AvgIpc) is 2.54. The molecular formula is C15H10Cl3N5. The van der Waals surface area contributed by atoms with Crippen molar-refractivity contribution in [2.75, 3.05) is 10.6 Å². The molecule has 0 amide bonds. The van der Waals surface area contributed by atoms with Gasteiger partial charge in [0.25, 0.3) is 0 Å². The molecule has 0 aliphatic rings. The molecule has 3 rings (SSSR count). The third kappa shape index (κ3) is 4.22. The van der Waals surface area contributed by atoms with E-state index >= 15 is 0 Å². The predicted octanol–water partition coefficient (Wildman–Crippen LogP) is 5.32.